The molecule has 2 aromatic carbocycles. The van der Waals surface area contributed by atoms with Gasteiger partial charge in [-0.05, 0) is 87.5 Å². The topological polar surface area (TPSA) is 29.5 Å². The number of hydrogen-bond acceptors (Lipinski definition) is 3. The Bertz CT molecular complexity index is 777. The van der Waals surface area contributed by atoms with Gasteiger partial charge in [0.1, 0.15) is 6.10 Å². The zero-order valence-corrected chi connectivity index (χ0v) is 17.1. The Morgan fingerprint density at radius 3 is 2.33 bits per heavy atom. The molecule has 0 aromatic heterocycles. The predicted octanol–water partition coefficient (Wildman–Crippen LogP) is 5.59. The molecular weight excluding hydrogens is 358 g/mol. The molecule has 0 spiro atoms. The molecule has 1 fully saturated rings. The normalized spacial score (nSPS) is 19.9. The first-order valence-corrected chi connectivity index (χ1v) is 10.0. The van der Waals surface area contributed by atoms with Gasteiger partial charge in [-0.1, -0.05) is 35.9 Å². The smallest absolute Gasteiger partial charge is 0.338 e. The second kappa shape index (κ2) is 8.90. The van der Waals surface area contributed by atoms with Gasteiger partial charge < -0.3 is 9.64 Å². The fourth-order valence-electron chi connectivity index (χ4n) is 3.77. The van der Waals surface area contributed by atoms with Crippen molar-refractivity contribution in [3.63, 3.8) is 0 Å². The standard InChI is InChI=1S/C23H28ClNO2/c1-16-14-20(10-13-22(16)24)23(26)27-21-11-8-19(9-12-21)18-6-4-17(5-7-18)15-25(2)3/h4-7,10,13-14,19,21H,8-9,11-12,15H2,1-3H3. The van der Waals surface area contributed by atoms with Crippen LogP contribution in [0.4, 0.5) is 0 Å². The fourth-order valence-corrected chi connectivity index (χ4v) is 3.88. The lowest BCUT2D eigenvalue weighted by molar-refractivity contribution is 0.0195. The zero-order valence-electron chi connectivity index (χ0n) is 16.4. The third kappa shape index (κ3) is 5.33. The van der Waals surface area contributed by atoms with E-state index in [0.29, 0.717) is 16.5 Å². The van der Waals surface area contributed by atoms with Gasteiger partial charge >= 0.3 is 5.97 Å². The molecule has 0 heterocycles. The van der Waals surface area contributed by atoms with E-state index < -0.39 is 0 Å². The molecule has 0 bridgehead atoms. The van der Waals surface area contributed by atoms with Crippen LogP contribution in [0, 0.1) is 6.92 Å². The minimum atomic E-state index is -0.244. The van der Waals surface area contributed by atoms with Crippen molar-refractivity contribution in [2.45, 2.75) is 51.2 Å². The van der Waals surface area contributed by atoms with Crippen LogP contribution in [0.5, 0.6) is 0 Å². The number of nitrogens with zero attached hydrogens (tertiary/aromatic N) is 1. The molecule has 0 N–H and O–H groups in total. The first-order chi connectivity index (χ1) is 12.9. The molecule has 0 radical (unpaired) electrons. The number of esters is 1. The molecule has 1 aliphatic carbocycles. The van der Waals surface area contributed by atoms with Crippen LogP contribution in [-0.4, -0.2) is 31.1 Å². The summed E-state index contributed by atoms with van der Waals surface area (Å²) in [5.74, 6) is 0.317. The number of carbonyl (C=O) groups excluding carboxylic acids is 1. The van der Waals surface area contributed by atoms with Gasteiger partial charge in [0, 0.05) is 11.6 Å². The Hall–Kier alpha value is -1.84. The van der Waals surface area contributed by atoms with E-state index in [4.69, 9.17) is 16.3 Å². The van der Waals surface area contributed by atoms with Gasteiger partial charge in [-0.2, -0.15) is 0 Å². The summed E-state index contributed by atoms with van der Waals surface area (Å²) >= 11 is 6.03. The van der Waals surface area contributed by atoms with Gasteiger partial charge in [-0.15, -0.1) is 0 Å². The molecule has 2 aromatic rings. The number of hydrogen-bond donors (Lipinski definition) is 0. The molecule has 3 nitrogen and oxygen atoms in total. The first kappa shape index (κ1) is 19.9. The number of aryl methyl sites for hydroxylation is 1. The Morgan fingerprint density at radius 1 is 1.07 bits per heavy atom. The number of rotatable bonds is 5. The summed E-state index contributed by atoms with van der Waals surface area (Å²) in [7, 11) is 4.17. The van der Waals surface area contributed by atoms with Crippen LogP contribution in [0.15, 0.2) is 42.5 Å². The Balaban J connectivity index is 1.52. The van der Waals surface area contributed by atoms with Crippen LogP contribution < -0.4 is 0 Å². The van der Waals surface area contributed by atoms with E-state index in [1.54, 1.807) is 18.2 Å². The lowest BCUT2D eigenvalue weighted by Gasteiger charge is -2.28. The molecule has 0 amide bonds. The van der Waals surface area contributed by atoms with Crippen LogP contribution in [-0.2, 0) is 11.3 Å². The summed E-state index contributed by atoms with van der Waals surface area (Å²) in [6.07, 6.45) is 3.97. The van der Waals surface area contributed by atoms with E-state index in [9.17, 15) is 4.79 Å². The quantitative estimate of drug-likeness (QED) is 0.628. The largest absolute Gasteiger partial charge is 0.459 e. The average Bonchev–Trinajstić information content (AvgIpc) is 2.65. The zero-order chi connectivity index (χ0) is 19.4. The van der Waals surface area contributed by atoms with E-state index in [1.807, 2.05) is 6.92 Å². The van der Waals surface area contributed by atoms with Crippen molar-refractivity contribution in [2.24, 2.45) is 0 Å². The Kier molecular flexibility index (Phi) is 6.56. The molecule has 0 unspecified atom stereocenters. The van der Waals surface area contributed by atoms with Crippen molar-refractivity contribution >= 4 is 17.6 Å². The molecule has 1 saturated carbocycles. The molecule has 27 heavy (non-hydrogen) atoms. The summed E-state index contributed by atoms with van der Waals surface area (Å²) in [5.41, 5.74) is 4.21. The van der Waals surface area contributed by atoms with Crippen LogP contribution in [0.2, 0.25) is 5.02 Å². The molecule has 4 heteroatoms. The maximum atomic E-state index is 12.4. The third-order valence-electron chi connectivity index (χ3n) is 5.29. The molecule has 3 rings (SSSR count). The molecule has 0 aliphatic heterocycles. The van der Waals surface area contributed by atoms with E-state index in [1.165, 1.54) is 11.1 Å². The highest BCUT2D eigenvalue weighted by atomic mass is 35.5. The number of halogens is 1. The summed E-state index contributed by atoms with van der Waals surface area (Å²) in [5, 5.41) is 0.670. The highest BCUT2D eigenvalue weighted by Crippen LogP contribution is 2.34. The molecular formula is C23H28ClNO2. The summed E-state index contributed by atoms with van der Waals surface area (Å²) in [4.78, 5) is 14.6. The molecule has 1 aliphatic rings. The maximum Gasteiger partial charge on any atom is 0.338 e. The van der Waals surface area contributed by atoms with Crippen molar-refractivity contribution in [1.29, 1.82) is 0 Å². The molecule has 144 valence electrons. The predicted molar refractivity (Wildman–Crippen MR) is 110 cm³/mol. The first-order valence-electron chi connectivity index (χ1n) is 9.63. The lowest BCUT2D eigenvalue weighted by Crippen LogP contribution is -2.24. The van der Waals surface area contributed by atoms with E-state index in [0.717, 1.165) is 37.8 Å². The van der Waals surface area contributed by atoms with Gasteiger partial charge in [0.2, 0.25) is 0 Å². The SMILES string of the molecule is Cc1cc(C(=O)OC2CCC(c3ccc(CN(C)C)cc3)CC2)ccc1Cl. The highest BCUT2D eigenvalue weighted by Gasteiger charge is 2.25. The van der Waals surface area contributed by atoms with Crippen LogP contribution in [0.25, 0.3) is 0 Å². The summed E-state index contributed by atoms with van der Waals surface area (Å²) in [6, 6.07) is 14.3. The monoisotopic (exact) mass is 385 g/mol. The van der Waals surface area contributed by atoms with Gasteiger partial charge in [0.05, 0.1) is 5.56 Å². The third-order valence-corrected chi connectivity index (χ3v) is 5.72. The summed E-state index contributed by atoms with van der Waals surface area (Å²) in [6.45, 7) is 2.86. The second-order valence-electron chi connectivity index (χ2n) is 7.82. The van der Waals surface area contributed by atoms with Crippen LogP contribution in [0.3, 0.4) is 0 Å². The minimum absolute atomic E-state index is 0.0118. The van der Waals surface area contributed by atoms with Gasteiger partial charge in [-0.25, -0.2) is 4.79 Å². The maximum absolute atomic E-state index is 12.4. The Morgan fingerprint density at radius 2 is 1.74 bits per heavy atom. The van der Waals surface area contributed by atoms with Crippen molar-refractivity contribution in [1.82, 2.24) is 4.90 Å². The van der Waals surface area contributed by atoms with Crippen molar-refractivity contribution in [3.8, 4) is 0 Å². The molecule has 0 saturated heterocycles. The lowest BCUT2D eigenvalue weighted by atomic mass is 9.82. The Labute approximate surface area is 167 Å². The minimum Gasteiger partial charge on any atom is -0.459 e. The van der Waals surface area contributed by atoms with E-state index in [-0.39, 0.29) is 12.1 Å². The summed E-state index contributed by atoms with van der Waals surface area (Å²) < 4.78 is 5.73. The van der Waals surface area contributed by atoms with Gasteiger partial charge in [0.15, 0.2) is 0 Å². The van der Waals surface area contributed by atoms with Crippen molar-refractivity contribution < 1.29 is 9.53 Å². The highest BCUT2D eigenvalue weighted by molar-refractivity contribution is 6.31. The van der Waals surface area contributed by atoms with Gasteiger partial charge in [-0.3, -0.25) is 0 Å². The van der Waals surface area contributed by atoms with Crippen LogP contribution >= 0.6 is 11.6 Å². The number of ether oxygens (including phenoxy) is 1. The van der Waals surface area contributed by atoms with E-state index >= 15 is 0 Å². The van der Waals surface area contributed by atoms with Crippen LogP contribution in [0.1, 0.15) is 58.6 Å². The number of benzene rings is 2. The van der Waals surface area contributed by atoms with Crippen molar-refractivity contribution in [3.05, 3.63) is 69.7 Å². The fraction of sp³-hybridized carbons (Fsp3) is 0.435. The number of carbonyl (C=O) groups is 1. The van der Waals surface area contributed by atoms with Crippen molar-refractivity contribution in [2.75, 3.05) is 14.1 Å². The molecule has 0 atom stereocenters. The van der Waals surface area contributed by atoms with Gasteiger partial charge in [0.25, 0.3) is 0 Å². The second-order valence-corrected chi connectivity index (χ2v) is 8.23. The average molecular weight is 386 g/mol. The van der Waals surface area contributed by atoms with E-state index in [2.05, 4.69) is 43.3 Å².